The van der Waals surface area contributed by atoms with E-state index in [2.05, 4.69) is 16.0 Å². The summed E-state index contributed by atoms with van der Waals surface area (Å²) in [4.78, 5) is 23.7. The fourth-order valence-corrected chi connectivity index (χ4v) is 3.99. The van der Waals surface area contributed by atoms with E-state index in [1.165, 1.54) is 0 Å². The molecule has 32 heavy (non-hydrogen) atoms. The number of benzene rings is 2. The standard InChI is InChI=1S/C20H21F3N4O4S/c21-20(22,23)14-3-7-16(8-4-14)26-19(29)25-15-5-1-13(2-6-15)11-12-24-18(28)27-32(30,31)17-9-10-17/h1-8,17H,9-12H2,(H2,24,27,28)(H2,25,26,29). The topological polar surface area (TPSA) is 116 Å². The number of hydrogen-bond donors (Lipinski definition) is 4. The molecule has 0 aromatic heterocycles. The zero-order chi connectivity index (χ0) is 23.4. The van der Waals surface area contributed by atoms with Gasteiger partial charge in [-0.1, -0.05) is 12.1 Å². The van der Waals surface area contributed by atoms with Gasteiger partial charge in [0.2, 0.25) is 10.0 Å². The van der Waals surface area contributed by atoms with Crippen molar-refractivity contribution in [1.82, 2.24) is 10.0 Å². The van der Waals surface area contributed by atoms with Crippen molar-refractivity contribution in [2.75, 3.05) is 17.2 Å². The normalized spacial score (nSPS) is 13.8. The predicted molar refractivity (Wildman–Crippen MR) is 113 cm³/mol. The van der Waals surface area contributed by atoms with E-state index in [0.29, 0.717) is 24.9 Å². The summed E-state index contributed by atoms with van der Waals surface area (Å²) < 4.78 is 63.0. The number of hydrogen-bond acceptors (Lipinski definition) is 4. The highest BCUT2D eigenvalue weighted by molar-refractivity contribution is 7.90. The molecule has 12 heteroatoms. The van der Waals surface area contributed by atoms with Crippen LogP contribution in [0.1, 0.15) is 24.0 Å². The van der Waals surface area contributed by atoms with Crippen LogP contribution in [0.3, 0.4) is 0 Å². The molecule has 4 amide bonds. The molecule has 0 heterocycles. The molecule has 0 unspecified atom stereocenters. The Hall–Kier alpha value is -3.28. The van der Waals surface area contributed by atoms with Crippen molar-refractivity contribution in [1.29, 1.82) is 0 Å². The highest BCUT2D eigenvalue weighted by Crippen LogP contribution is 2.30. The van der Waals surface area contributed by atoms with Crippen molar-refractivity contribution >= 4 is 33.5 Å². The van der Waals surface area contributed by atoms with Crippen molar-refractivity contribution < 1.29 is 31.2 Å². The van der Waals surface area contributed by atoms with Gasteiger partial charge in [-0.15, -0.1) is 0 Å². The fraction of sp³-hybridized carbons (Fsp3) is 0.300. The van der Waals surface area contributed by atoms with Gasteiger partial charge in [-0.25, -0.2) is 22.7 Å². The Labute approximate surface area is 182 Å². The number of urea groups is 2. The molecule has 8 nitrogen and oxygen atoms in total. The third-order valence-electron chi connectivity index (χ3n) is 4.58. The van der Waals surface area contributed by atoms with Crippen LogP contribution in [0.4, 0.5) is 34.1 Å². The fourth-order valence-electron chi connectivity index (χ4n) is 2.74. The first-order valence-corrected chi connectivity index (χ1v) is 11.2. The van der Waals surface area contributed by atoms with Crippen LogP contribution in [-0.2, 0) is 22.6 Å². The number of halogens is 3. The lowest BCUT2D eigenvalue weighted by Gasteiger charge is -2.10. The monoisotopic (exact) mass is 470 g/mol. The molecule has 0 atom stereocenters. The average molecular weight is 470 g/mol. The van der Waals surface area contributed by atoms with E-state index >= 15 is 0 Å². The van der Waals surface area contributed by atoms with E-state index in [1.54, 1.807) is 24.3 Å². The van der Waals surface area contributed by atoms with E-state index in [1.807, 2.05) is 4.72 Å². The lowest BCUT2D eigenvalue weighted by atomic mass is 10.1. The summed E-state index contributed by atoms with van der Waals surface area (Å²) in [6.07, 6.45) is -2.89. The van der Waals surface area contributed by atoms with Gasteiger partial charge < -0.3 is 16.0 Å². The van der Waals surface area contributed by atoms with E-state index < -0.39 is 39.1 Å². The van der Waals surface area contributed by atoms with Gasteiger partial charge in [0.1, 0.15) is 0 Å². The first-order valence-electron chi connectivity index (χ1n) is 9.66. The van der Waals surface area contributed by atoms with Gasteiger partial charge in [0.25, 0.3) is 0 Å². The smallest absolute Gasteiger partial charge is 0.337 e. The van der Waals surface area contributed by atoms with Gasteiger partial charge in [-0.2, -0.15) is 13.2 Å². The van der Waals surface area contributed by atoms with Crippen molar-refractivity contribution in [3.8, 4) is 0 Å². The SMILES string of the molecule is O=C(Nc1ccc(CCNC(=O)NS(=O)(=O)C2CC2)cc1)Nc1ccc(C(F)(F)F)cc1. The third kappa shape index (κ3) is 6.87. The van der Waals surface area contributed by atoms with Crippen LogP contribution < -0.4 is 20.7 Å². The Balaban J connectivity index is 1.42. The summed E-state index contributed by atoms with van der Waals surface area (Å²) in [6, 6.07) is 9.36. The summed E-state index contributed by atoms with van der Waals surface area (Å²) in [7, 11) is -3.59. The first kappa shape index (κ1) is 23.4. The van der Waals surface area contributed by atoms with Crippen molar-refractivity contribution in [2.24, 2.45) is 0 Å². The number of alkyl halides is 3. The van der Waals surface area contributed by atoms with Crippen molar-refractivity contribution in [2.45, 2.75) is 30.7 Å². The number of anilines is 2. The van der Waals surface area contributed by atoms with Crippen LogP contribution in [0.15, 0.2) is 48.5 Å². The molecule has 0 bridgehead atoms. The highest BCUT2D eigenvalue weighted by atomic mass is 32.2. The minimum atomic E-state index is -4.45. The minimum Gasteiger partial charge on any atom is -0.337 e. The minimum absolute atomic E-state index is 0.208. The Kier molecular flexibility index (Phi) is 6.92. The van der Waals surface area contributed by atoms with Gasteiger partial charge in [0.05, 0.1) is 10.8 Å². The molecule has 4 N–H and O–H groups in total. The lowest BCUT2D eigenvalue weighted by Crippen LogP contribution is -2.41. The van der Waals surface area contributed by atoms with Crippen molar-refractivity contribution in [3.05, 3.63) is 59.7 Å². The molecule has 0 radical (unpaired) electrons. The average Bonchev–Trinajstić information content (AvgIpc) is 3.55. The van der Waals surface area contributed by atoms with Gasteiger partial charge in [0, 0.05) is 17.9 Å². The van der Waals surface area contributed by atoms with E-state index in [-0.39, 0.29) is 12.2 Å². The molecule has 1 fully saturated rings. The Bertz CT molecular complexity index is 1070. The second-order valence-corrected chi connectivity index (χ2v) is 9.16. The van der Waals surface area contributed by atoms with Crippen LogP contribution in [0.25, 0.3) is 0 Å². The molecule has 1 aliphatic rings. The molecule has 2 aromatic carbocycles. The second-order valence-electron chi connectivity index (χ2n) is 7.20. The Morgan fingerprint density at radius 3 is 1.91 bits per heavy atom. The van der Waals surface area contributed by atoms with E-state index in [9.17, 15) is 31.2 Å². The van der Waals surface area contributed by atoms with Crippen LogP contribution >= 0.6 is 0 Å². The number of amides is 4. The summed E-state index contributed by atoms with van der Waals surface area (Å²) in [5.74, 6) is 0. The van der Waals surface area contributed by atoms with Crippen LogP contribution in [0.2, 0.25) is 0 Å². The number of nitrogens with one attached hydrogen (secondary N) is 4. The van der Waals surface area contributed by atoms with E-state index in [0.717, 1.165) is 29.8 Å². The van der Waals surface area contributed by atoms with E-state index in [4.69, 9.17) is 0 Å². The number of rotatable bonds is 7. The van der Waals surface area contributed by atoms with Gasteiger partial charge in [-0.3, -0.25) is 0 Å². The maximum atomic E-state index is 12.6. The van der Waals surface area contributed by atoms with Crippen LogP contribution in [-0.4, -0.2) is 32.3 Å². The Morgan fingerprint density at radius 1 is 0.875 bits per heavy atom. The molecule has 3 rings (SSSR count). The van der Waals surface area contributed by atoms with Gasteiger partial charge >= 0.3 is 18.2 Å². The quantitative estimate of drug-likeness (QED) is 0.494. The predicted octanol–water partition coefficient (Wildman–Crippen LogP) is 3.68. The maximum Gasteiger partial charge on any atom is 0.416 e. The molecule has 2 aromatic rings. The molecule has 0 spiro atoms. The first-order chi connectivity index (χ1) is 15.0. The molecule has 0 aliphatic heterocycles. The highest BCUT2D eigenvalue weighted by Gasteiger charge is 2.36. The molecule has 1 saturated carbocycles. The second kappa shape index (κ2) is 9.47. The molecule has 1 aliphatic carbocycles. The molecule has 0 saturated heterocycles. The Morgan fingerprint density at radius 2 is 1.41 bits per heavy atom. The van der Waals surface area contributed by atoms with Gasteiger partial charge in [-0.05, 0) is 61.2 Å². The number of carbonyl (C=O) groups excluding carboxylic acids is 2. The molecule has 172 valence electrons. The number of sulfonamides is 1. The van der Waals surface area contributed by atoms with Crippen LogP contribution in [0.5, 0.6) is 0 Å². The van der Waals surface area contributed by atoms with Crippen LogP contribution in [0, 0.1) is 0 Å². The van der Waals surface area contributed by atoms with Crippen molar-refractivity contribution in [3.63, 3.8) is 0 Å². The summed E-state index contributed by atoms with van der Waals surface area (Å²) in [6.45, 7) is 0.215. The van der Waals surface area contributed by atoms with Gasteiger partial charge in [0.15, 0.2) is 0 Å². The third-order valence-corrected chi connectivity index (χ3v) is 6.40. The largest absolute Gasteiger partial charge is 0.416 e. The molecular weight excluding hydrogens is 449 g/mol. The zero-order valence-electron chi connectivity index (χ0n) is 16.7. The summed E-state index contributed by atoms with van der Waals surface area (Å²) in [5, 5.41) is 7.00. The summed E-state index contributed by atoms with van der Waals surface area (Å²) >= 11 is 0. The number of carbonyl (C=O) groups is 2. The maximum absolute atomic E-state index is 12.6. The summed E-state index contributed by atoms with van der Waals surface area (Å²) in [5.41, 5.74) is 0.694. The zero-order valence-corrected chi connectivity index (χ0v) is 17.5. The molecular formula is C20H21F3N4O4S. The lowest BCUT2D eigenvalue weighted by molar-refractivity contribution is -0.137.